The second kappa shape index (κ2) is 12.2. The lowest BCUT2D eigenvalue weighted by atomic mass is 9.94. The topological polar surface area (TPSA) is 18.5 Å². The average molecular weight is 539 g/mol. The van der Waals surface area contributed by atoms with Crippen LogP contribution in [0.5, 0.6) is 0 Å². The molecule has 2 fully saturated rings. The van der Waals surface area contributed by atoms with Gasteiger partial charge in [-0.3, -0.25) is 0 Å². The van der Waals surface area contributed by atoms with Crippen LogP contribution in [0.3, 0.4) is 0 Å². The highest BCUT2D eigenvalue weighted by atomic mass is 31.1. The number of benzene rings is 4. The summed E-state index contributed by atoms with van der Waals surface area (Å²) in [7, 11) is -1.12. The third kappa shape index (κ3) is 5.95. The first-order valence-electron chi connectivity index (χ1n) is 13.9. The van der Waals surface area contributed by atoms with E-state index in [1.807, 2.05) is 0 Å². The Labute approximate surface area is 229 Å². The van der Waals surface area contributed by atoms with E-state index in [0.717, 1.165) is 25.2 Å². The van der Waals surface area contributed by atoms with Crippen molar-refractivity contribution in [3.8, 4) is 0 Å². The number of ether oxygens (including phenoxy) is 2. The first-order chi connectivity index (χ1) is 18.8. The minimum Gasteiger partial charge on any atom is -0.344 e. The normalized spacial score (nSPS) is 20.8. The molecule has 1 heterocycles. The van der Waals surface area contributed by atoms with Crippen LogP contribution in [0, 0.1) is 0 Å². The van der Waals surface area contributed by atoms with Crippen LogP contribution >= 0.6 is 15.8 Å². The van der Waals surface area contributed by atoms with E-state index >= 15 is 0 Å². The Morgan fingerprint density at radius 2 is 0.789 bits per heavy atom. The summed E-state index contributed by atoms with van der Waals surface area (Å²) in [5.41, 5.74) is 0. The van der Waals surface area contributed by atoms with E-state index in [9.17, 15) is 0 Å². The van der Waals surface area contributed by atoms with Crippen LogP contribution in [0.15, 0.2) is 121 Å². The molecule has 38 heavy (non-hydrogen) atoms. The molecule has 2 atom stereocenters. The smallest absolute Gasteiger partial charge is 0.169 e. The van der Waals surface area contributed by atoms with Gasteiger partial charge in [-0.1, -0.05) is 128 Å². The first kappa shape index (κ1) is 25.9. The van der Waals surface area contributed by atoms with Crippen molar-refractivity contribution in [1.82, 2.24) is 0 Å². The van der Waals surface area contributed by atoms with Gasteiger partial charge in [-0.2, -0.15) is 0 Å². The van der Waals surface area contributed by atoms with Gasteiger partial charge in [0.1, 0.15) is 0 Å². The largest absolute Gasteiger partial charge is 0.344 e. The highest BCUT2D eigenvalue weighted by molar-refractivity contribution is 7.73. The summed E-state index contributed by atoms with van der Waals surface area (Å²) in [6.45, 7) is 0. The minimum absolute atomic E-state index is 0.0806. The number of rotatable bonds is 8. The first-order valence-corrected chi connectivity index (χ1v) is 17.0. The SMILES string of the molecule is c1ccc(P(C[C@H]2OC3(CCCCC3)O[C@@H]2CP(c2ccccc2)c2ccccc2)c2ccccc2)cc1. The van der Waals surface area contributed by atoms with Crippen LogP contribution in [0.1, 0.15) is 32.1 Å². The molecule has 0 N–H and O–H groups in total. The molecule has 1 aliphatic carbocycles. The lowest BCUT2D eigenvalue weighted by Crippen LogP contribution is -2.34. The summed E-state index contributed by atoms with van der Waals surface area (Å²) >= 11 is 0. The number of hydrogen-bond acceptors (Lipinski definition) is 2. The summed E-state index contributed by atoms with van der Waals surface area (Å²) in [6.07, 6.45) is 7.84. The molecule has 0 radical (unpaired) electrons. The van der Waals surface area contributed by atoms with Crippen molar-refractivity contribution in [2.75, 3.05) is 12.3 Å². The second-order valence-electron chi connectivity index (χ2n) is 10.3. The fourth-order valence-electron chi connectivity index (χ4n) is 5.88. The molecule has 1 saturated heterocycles. The molecule has 0 amide bonds. The van der Waals surface area contributed by atoms with Crippen molar-refractivity contribution >= 4 is 37.1 Å². The molecule has 4 heteroatoms. The molecule has 1 aliphatic heterocycles. The quantitative estimate of drug-likeness (QED) is 0.233. The van der Waals surface area contributed by atoms with Crippen molar-refractivity contribution in [1.29, 1.82) is 0 Å². The van der Waals surface area contributed by atoms with Crippen LogP contribution in [0.25, 0.3) is 0 Å². The molecule has 4 aromatic rings. The van der Waals surface area contributed by atoms with Crippen LogP contribution < -0.4 is 21.2 Å². The molecule has 0 unspecified atom stereocenters. The standard InChI is InChI=1S/C34H36O2P2/c1-6-16-28(17-7-1)37(29-18-8-2-9-19-29)26-32-33(36-34(35-32)24-14-5-15-25-34)27-38(30-20-10-3-11-21-30)31-22-12-4-13-23-31/h1-4,6-13,16-23,32-33H,5,14-15,24-27H2/t32-,33-/m1/s1. The van der Waals surface area contributed by atoms with Crippen LogP contribution in [0.2, 0.25) is 0 Å². The summed E-state index contributed by atoms with van der Waals surface area (Å²) in [4.78, 5) is 0. The van der Waals surface area contributed by atoms with Crippen LogP contribution in [0.4, 0.5) is 0 Å². The Balaban J connectivity index is 1.34. The van der Waals surface area contributed by atoms with E-state index in [4.69, 9.17) is 9.47 Å². The highest BCUT2D eigenvalue weighted by Crippen LogP contribution is 2.48. The van der Waals surface area contributed by atoms with Gasteiger partial charge < -0.3 is 9.47 Å². The molecular formula is C34H36O2P2. The molecule has 1 saturated carbocycles. The molecule has 0 bridgehead atoms. The van der Waals surface area contributed by atoms with E-state index in [1.165, 1.54) is 40.5 Å². The Kier molecular flexibility index (Phi) is 8.34. The predicted molar refractivity (Wildman–Crippen MR) is 163 cm³/mol. The summed E-state index contributed by atoms with van der Waals surface area (Å²) < 4.78 is 14.1. The molecule has 4 aromatic carbocycles. The zero-order valence-corrected chi connectivity index (χ0v) is 23.7. The van der Waals surface area contributed by atoms with Crippen molar-refractivity contribution < 1.29 is 9.47 Å². The third-order valence-electron chi connectivity index (χ3n) is 7.76. The van der Waals surface area contributed by atoms with Gasteiger partial charge in [-0.25, -0.2) is 0 Å². The monoisotopic (exact) mass is 538 g/mol. The maximum atomic E-state index is 7.05. The Morgan fingerprint density at radius 1 is 0.474 bits per heavy atom. The summed E-state index contributed by atoms with van der Waals surface area (Å²) in [5, 5.41) is 5.64. The summed E-state index contributed by atoms with van der Waals surface area (Å²) in [5.74, 6) is -0.406. The molecular weight excluding hydrogens is 502 g/mol. The fourth-order valence-corrected chi connectivity index (χ4v) is 10.8. The highest BCUT2D eigenvalue weighted by Gasteiger charge is 2.49. The Bertz CT molecular complexity index is 1090. The van der Waals surface area contributed by atoms with E-state index in [1.54, 1.807) is 0 Å². The maximum Gasteiger partial charge on any atom is 0.169 e. The molecule has 0 aromatic heterocycles. The average Bonchev–Trinajstić information content (AvgIpc) is 3.32. The van der Waals surface area contributed by atoms with E-state index in [-0.39, 0.29) is 12.2 Å². The Morgan fingerprint density at radius 3 is 1.11 bits per heavy atom. The van der Waals surface area contributed by atoms with Gasteiger partial charge in [-0.15, -0.1) is 0 Å². The van der Waals surface area contributed by atoms with Gasteiger partial charge >= 0.3 is 0 Å². The molecule has 194 valence electrons. The van der Waals surface area contributed by atoms with Gasteiger partial charge in [0.05, 0.1) is 12.2 Å². The maximum absolute atomic E-state index is 7.05. The van der Waals surface area contributed by atoms with Crippen molar-refractivity contribution in [2.45, 2.75) is 50.1 Å². The van der Waals surface area contributed by atoms with E-state index < -0.39 is 21.6 Å². The van der Waals surface area contributed by atoms with Gasteiger partial charge in [-0.05, 0) is 49.9 Å². The van der Waals surface area contributed by atoms with Gasteiger partial charge in [0, 0.05) is 25.2 Å². The lowest BCUT2D eigenvalue weighted by molar-refractivity contribution is -0.191. The predicted octanol–water partition coefficient (Wildman–Crippen LogP) is 6.70. The van der Waals surface area contributed by atoms with Gasteiger partial charge in [0.15, 0.2) is 5.79 Å². The van der Waals surface area contributed by atoms with Crippen LogP contribution in [-0.4, -0.2) is 30.3 Å². The van der Waals surface area contributed by atoms with Gasteiger partial charge in [0.25, 0.3) is 0 Å². The molecule has 1 spiro atoms. The molecule has 2 nitrogen and oxygen atoms in total. The Hall–Kier alpha value is -2.34. The van der Waals surface area contributed by atoms with Crippen molar-refractivity contribution in [3.05, 3.63) is 121 Å². The van der Waals surface area contributed by atoms with E-state index in [0.29, 0.717) is 0 Å². The zero-order chi connectivity index (χ0) is 25.6. The van der Waals surface area contributed by atoms with Crippen molar-refractivity contribution in [3.63, 3.8) is 0 Å². The fraction of sp³-hybridized carbons (Fsp3) is 0.294. The zero-order valence-electron chi connectivity index (χ0n) is 21.9. The van der Waals surface area contributed by atoms with Gasteiger partial charge in [0.2, 0.25) is 0 Å². The number of hydrogen-bond donors (Lipinski definition) is 0. The van der Waals surface area contributed by atoms with Crippen molar-refractivity contribution in [2.24, 2.45) is 0 Å². The summed E-state index contributed by atoms with van der Waals surface area (Å²) in [6, 6.07) is 44.2. The third-order valence-corrected chi connectivity index (χ3v) is 12.9. The molecule has 2 aliphatic rings. The molecule has 6 rings (SSSR count). The lowest BCUT2D eigenvalue weighted by Gasteiger charge is -2.32. The van der Waals surface area contributed by atoms with Crippen LogP contribution in [-0.2, 0) is 9.47 Å². The second-order valence-corrected chi connectivity index (χ2v) is 14.9. The minimum atomic E-state index is -0.558. The van der Waals surface area contributed by atoms with E-state index in [2.05, 4.69) is 121 Å².